The van der Waals surface area contributed by atoms with Gasteiger partial charge in [0.2, 0.25) is 0 Å². The summed E-state index contributed by atoms with van der Waals surface area (Å²) in [5.41, 5.74) is 29.9. The maximum Gasteiger partial charge on any atom is 0.135 e. The Morgan fingerprint density at radius 1 is 0.156 bits per heavy atom. The van der Waals surface area contributed by atoms with E-state index in [2.05, 4.69) is 562 Å². The lowest BCUT2D eigenvalue weighted by molar-refractivity contribution is 0.669. The summed E-state index contributed by atoms with van der Waals surface area (Å²) >= 11 is 3.72. The van der Waals surface area contributed by atoms with Crippen molar-refractivity contribution in [3.05, 3.63) is 546 Å². The van der Waals surface area contributed by atoms with Crippen molar-refractivity contribution in [2.24, 2.45) is 0 Å². The molecule has 9 heteroatoms. The van der Waals surface area contributed by atoms with Crippen molar-refractivity contribution in [1.82, 2.24) is 13.7 Å². The molecule has 30 aromatic rings. The lowest BCUT2D eigenvalue weighted by atomic mass is 10.0. The van der Waals surface area contributed by atoms with Gasteiger partial charge in [0, 0.05) is 141 Å². The second-order valence-corrected chi connectivity index (χ2v) is 39.9. The first kappa shape index (κ1) is 86.0. The highest BCUT2D eigenvalue weighted by atomic mass is 32.1. The summed E-state index contributed by atoms with van der Waals surface area (Å²) in [4.78, 5) is 7.15. The van der Waals surface area contributed by atoms with Gasteiger partial charge >= 0.3 is 0 Å². The first-order chi connectivity index (χ1) is 72.9. The van der Waals surface area contributed by atoms with Gasteiger partial charge in [-0.3, -0.25) is 0 Å². The third-order valence-corrected chi connectivity index (χ3v) is 31.6. The first-order valence-corrected chi connectivity index (χ1v) is 51.7. The summed E-state index contributed by atoms with van der Waals surface area (Å²) in [5.74, 6) is 0. The highest BCUT2D eigenvalue weighted by molar-refractivity contribution is 7.26. The van der Waals surface area contributed by atoms with Gasteiger partial charge in [0.25, 0.3) is 0 Å². The zero-order valence-electron chi connectivity index (χ0n) is 79.9. The number of aromatic nitrogens is 3. The van der Waals surface area contributed by atoms with Crippen molar-refractivity contribution in [3.8, 4) is 50.4 Å². The maximum absolute atomic E-state index is 6.18. The molecule has 0 amide bonds. The molecule has 30 rings (SSSR count). The predicted molar refractivity (Wildman–Crippen MR) is 628 cm³/mol. The van der Waals surface area contributed by atoms with Crippen LogP contribution in [0.1, 0.15) is 0 Å². The molecular formula is C138H90N6OS2. The Hall–Kier alpha value is -18.9. The minimum Gasteiger partial charge on any atom is -0.456 e. The van der Waals surface area contributed by atoms with E-state index in [1.54, 1.807) is 0 Å². The molecule has 0 N–H and O–H groups in total. The second kappa shape index (κ2) is 36.3. The Labute approximate surface area is 856 Å². The molecule has 6 aromatic heterocycles. The number of anilines is 9. The van der Waals surface area contributed by atoms with Crippen molar-refractivity contribution in [2.45, 2.75) is 0 Å². The molecule has 0 aliphatic heterocycles. The van der Waals surface area contributed by atoms with E-state index in [-0.39, 0.29) is 0 Å². The molecule has 690 valence electrons. The van der Waals surface area contributed by atoms with Gasteiger partial charge in [0.15, 0.2) is 0 Å². The molecule has 0 aliphatic rings. The molecule has 0 aliphatic carbocycles. The Morgan fingerprint density at radius 3 is 0.905 bits per heavy atom. The van der Waals surface area contributed by atoms with Crippen molar-refractivity contribution in [1.29, 1.82) is 0 Å². The number of hydrogen-bond donors (Lipinski definition) is 0. The summed E-state index contributed by atoms with van der Waals surface area (Å²) in [5, 5.41) is 22.4. The topological polar surface area (TPSA) is 37.7 Å². The molecule has 24 aromatic carbocycles. The largest absolute Gasteiger partial charge is 0.456 e. The normalized spacial score (nSPS) is 11.7. The highest BCUT2D eigenvalue weighted by Gasteiger charge is 2.25. The molecule has 6 heterocycles. The molecule has 0 fully saturated rings. The van der Waals surface area contributed by atoms with E-state index in [4.69, 9.17) is 4.42 Å². The fraction of sp³-hybridized carbons (Fsp3) is 0. The van der Waals surface area contributed by atoms with Gasteiger partial charge in [-0.25, -0.2) is 0 Å². The van der Waals surface area contributed by atoms with E-state index in [1.165, 1.54) is 194 Å². The lowest BCUT2D eigenvalue weighted by Crippen LogP contribution is -2.10. The quantitative estimate of drug-likeness (QED) is 0.103. The minimum absolute atomic E-state index is 0.891. The summed E-state index contributed by atoms with van der Waals surface area (Å²) < 4.78 is 18.5. The monoisotopic (exact) mass is 1910 g/mol. The van der Waals surface area contributed by atoms with Crippen LogP contribution in [0, 0.1) is 0 Å². The van der Waals surface area contributed by atoms with Gasteiger partial charge in [-0.2, -0.15) is 0 Å². The molecule has 0 spiro atoms. The van der Waals surface area contributed by atoms with Crippen LogP contribution in [0.15, 0.2) is 550 Å². The zero-order chi connectivity index (χ0) is 96.9. The summed E-state index contributed by atoms with van der Waals surface area (Å²) in [7, 11) is 0. The third kappa shape index (κ3) is 15.3. The summed E-state index contributed by atoms with van der Waals surface area (Å²) in [6.45, 7) is 0. The van der Waals surface area contributed by atoms with Crippen LogP contribution in [0.2, 0.25) is 0 Å². The smallest absolute Gasteiger partial charge is 0.135 e. The van der Waals surface area contributed by atoms with Crippen molar-refractivity contribution in [2.75, 3.05) is 14.7 Å². The minimum atomic E-state index is 0.891. The Bertz CT molecular complexity index is 9940. The molecule has 0 bridgehead atoms. The molecule has 0 saturated heterocycles. The van der Waals surface area contributed by atoms with Crippen molar-refractivity contribution < 1.29 is 4.42 Å². The Morgan fingerprint density at radius 2 is 0.456 bits per heavy atom. The summed E-state index contributed by atoms with van der Waals surface area (Å²) in [6, 6.07) is 197. The van der Waals surface area contributed by atoms with E-state index in [1.807, 2.05) is 34.8 Å². The predicted octanol–water partition coefficient (Wildman–Crippen LogP) is 39.9. The second-order valence-electron chi connectivity index (χ2n) is 37.8. The van der Waals surface area contributed by atoms with Crippen LogP contribution in [0.3, 0.4) is 0 Å². The number of furan rings is 1. The highest BCUT2D eigenvalue weighted by Crippen LogP contribution is 2.50. The molecule has 0 atom stereocenters. The van der Waals surface area contributed by atoms with Crippen LogP contribution < -0.4 is 14.7 Å². The van der Waals surface area contributed by atoms with E-state index in [9.17, 15) is 0 Å². The number of para-hydroxylation sites is 7. The van der Waals surface area contributed by atoms with Crippen LogP contribution in [0.5, 0.6) is 0 Å². The average molecular weight is 1910 g/mol. The fourth-order valence-electron chi connectivity index (χ4n) is 22.3. The molecule has 0 saturated carbocycles. The molecule has 147 heavy (non-hydrogen) atoms. The van der Waals surface area contributed by atoms with Crippen LogP contribution in [0.25, 0.3) is 210 Å². The first-order valence-electron chi connectivity index (χ1n) is 50.0. The number of hydrogen-bond acceptors (Lipinski definition) is 6. The number of fused-ring (bicyclic) bond motifs is 21. The third-order valence-electron chi connectivity index (χ3n) is 29.3. The van der Waals surface area contributed by atoms with E-state index in [0.717, 1.165) is 67.4 Å². The summed E-state index contributed by atoms with van der Waals surface area (Å²) in [6.07, 6.45) is 0. The number of nitrogens with zero attached hydrogens (tertiary/aromatic N) is 6. The fourth-order valence-corrected chi connectivity index (χ4v) is 24.6. The van der Waals surface area contributed by atoms with E-state index >= 15 is 0 Å². The SMILES string of the molecule is c1ccc(-n2c3ccccc3c3cc(-c4ccc(N(c5ccc6ccccc6c5)c5ccc6oc7ccccc7c6c5)cc4)ccc32)cc1.c1ccc(-n2c3ccccc3c3cc(-c4ccc(N(c5ccc6ccccc6c5)c5ccc6sc7ccccc7c6c5)cc4)ccc32)cc1.c1ccc(-n2c3ccccc3c3cc(-c4ccc(N(c5ccc6ccccc6c5)c5cccc6c5sc5ccccc56)cc4)ccc32)cc1. The molecule has 0 radical (unpaired) electrons. The van der Waals surface area contributed by atoms with E-state index in [0.29, 0.717) is 0 Å². The van der Waals surface area contributed by atoms with Crippen LogP contribution >= 0.6 is 22.7 Å². The average Bonchev–Trinajstić information content (AvgIpc) is 1.59. The van der Waals surface area contributed by atoms with E-state index < -0.39 is 0 Å². The van der Waals surface area contributed by atoms with Gasteiger partial charge < -0.3 is 32.8 Å². The van der Waals surface area contributed by atoms with Gasteiger partial charge in [-0.05, 0) is 290 Å². The molecule has 7 nitrogen and oxygen atoms in total. The van der Waals surface area contributed by atoms with Crippen LogP contribution in [-0.2, 0) is 0 Å². The zero-order valence-corrected chi connectivity index (χ0v) is 81.5. The number of thiophene rings is 2. The lowest BCUT2D eigenvalue weighted by Gasteiger charge is -2.26. The van der Waals surface area contributed by atoms with Gasteiger partial charge in [-0.15, -0.1) is 22.7 Å². The van der Waals surface area contributed by atoms with Crippen LogP contribution in [0.4, 0.5) is 51.2 Å². The standard InChI is InChI=1S/C46H30N2O.2C46H30N2S/c1-2-12-35(13-3-1)48-43-16-8-6-14-39(43)41-29-34(21-26-44(41)48)32-18-22-36(23-19-32)47(37-24-20-31-10-4-5-11-33(31)28-37)38-25-27-46-42(30-38)40-15-7-9-17-45(40)49-46;1-2-13-35(14-3-1)48-42-18-8-6-15-38(42)41-30-34(24-28-43(41)48)32-21-25-36(26-22-32)47(37-27-23-31-11-4-5-12-33(31)29-37)44-19-10-17-40-39-16-7-9-20-45(39)49-46(40)44;1-2-12-35(13-3-1)48-43-16-8-6-14-39(43)41-29-34(21-26-44(41)48)32-18-22-36(23-19-32)47(37-24-20-31-10-4-5-11-33(31)28-37)38-25-27-46-42(30-38)40-15-7-9-17-45(40)49-46/h3*1-30H. The molecule has 0 unspecified atom stereocenters. The Kier molecular flexibility index (Phi) is 21.2. The Balaban J connectivity index is 0.000000107. The number of benzene rings is 24. The van der Waals surface area contributed by atoms with Gasteiger partial charge in [0.05, 0.1) is 43.5 Å². The van der Waals surface area contributed by atoms with Crippen molar-refractivity contribution >= 4 is 234 Å². The maximum atomic E-state index is 6.18. The van der Waals surface area contributed by atoms with Crippen LogP contribution in [-0.4, -0.2) is 13.7 Å². The van der Waals surface area contributed by atoms with Crippen molar-refractivity contribution in [3.63, 3.8) is 0 Å². The number of rotatable bonds is 15. The van der Waals surface area contributed by atoms with Gasteiger partial charge in [0.1, 0.15) is 11.2 Å². The molecular weight excluding hydrogens is 1820 g/mol. The van der Waals surface area contributed by atoms with Gasteiger partial charge in [-0.1, -0.05) is 322 Å².